The zero-order valence-electron chi connectivity index (χ0n) is 31.7. The van der Waals surface area contributed by atoms with E-state index in [0.29, 0.717) is 6.42 Å². The molecule has 54 heavy (non-hydrogen) atoms. The molecule has 292 valence electrons. The molecule has 20 atom stereocenters. The number of ether oxygens (including phenoxy) is 6. The molecule has 1 spiro atoms. The van der Waals surface area contributed by atoms with Gasteiger partial charge < -0.3 is 38.6 Å². The third-order valence-electron chi connectivity index (χ3n) is 16.3. The normalized spacial score (nSPS) is 54.2. The fraction of sp³-hybridized carbons (Fsp3) is 0.707. The van der Waals surface area contributed by atoms with Crippen molar-refractivity contribution in [3.63, 3.8) is 0 Å². The van der Waals surface area contributed by atoms with E-state index >= 15 is 0 Å². The van der Waals surface area contributed by atoms with E-state index in [0.717, 1.165) is 4.47 Å². The van der Waals surface area contributed by atoms with Crippen LogP contribution in [0.4, 0.5) is 0 Å². The maximum absolute atomic E-state index is 14.7. The van der Waals surface area contributed by atoms with Crippen molar-refractivity contribution in [3.05, 3.63) is 46.6 Å². The molecule has 12 nitrogen and oxygen atoms in total. The zero-order chi connectivity index (χ0) is 39.0. The van der Waals surface area contributed by atoms with E-state index in [4.69, 9.17) is 28.4 Å². The minimum Gasteiger partial charge on any atom is -0.462 e. The molecule has 8 fully saturated rings. The van der Waals surface area contributed by atoms with Gasteiger partial charge in [0.25, 0.3) is 0 Å². The van der Waals surface area contributed by atoms with Gasteiger partial charge in [-0.2, -0.15) is 0 Å². The minimum atomic E-state index is -1.67. The van der Waals surface area contributed by atoms with E-state index in [9.17, 15) is 29.4 Å². The predicted molar refractivity (Wildman–Crippen MR) is 191 cm³/mol. The van der Waals surface area contributed by atoms with Gasteiger partial charge in [0.05, 0.1) is 17.1 Å². The number of benzene rings is 1. The van der Waals surface area contributed by atoms with Crippen LogP contribution in [0, 0.1) is 63.6 Å². The molecule has 2 N–H and O–H groups in total. The highest BCUT2D eigenvalue weighted by molar-refractivity contribution is 9.10. The van der Waals surface area contributed by atoms with Crippen LogP contribution in [0.5, 0.6) is 0 Å². The fourth-order valence-electron chi connectivity index (χ4n) is 14.2. The van der Waals surface area contributed by atoms with Crippen molar-refractivity contribution in [2.75, 3.05) is 0 Å². The Morgan fingerprint density at radius 2 is 1.52 bits per heavy atom. The highest BCUT2D eigenvalue weighted by Gasteiger charge is 2.92. The van der Waals surface area contributed by atoms with Gasteiger partial charge in [-0.05, 0) is 68.2 Å². The highest BCUT2D eigenvalue weighted by Crippen LogP contribution is 2.82. The van der Waals surface area contributed by atoms with Gasteiger partial charge in [0, 0.05) is 52.8 Å². The molecule has 0 bridgehead atoms. The maximum atomic E-state index is 14.7. The number of carbonyl (C=O) groups is 4. The second-order valence-corrected chi connectivity index (χ2v) is 19.3. The van der Waals surface area contributed by atoms with Gasteiger partial charge in [-0.15, -0.1) is 0 Å². The molecule has 5 saturated carbocycles. The molecule has 1 aromatic rings. The quantitative estimate of drug-likeness (QED) is 0.251. The van der Waals surface area contributed by atoms with Crippen molar-refractivity contribution < 1.29 is 57.8 Å². The number of esters is 3. The number of halogens is 1. The van der Waals surface area contributed by atoms with Gasteiger partial charge in [-0.1, -0.05) is 50.2 Å². The summed E-state index contributed by atoms with van der Waals surface area (Å²) >= 11 is 3.44. The molecular formula is C41H49BrO12. The van der Waals surface area contributed by atoms with Crippen molar-refractivity contribution in [1.82, 2.24) is 0 Å². The van der Waals surface area contributed by atoms with Gasteiger partial charge in [0.2, 0.25) is 5.79 Å². The number of epoxide rings is 2. The average molecular weight is 814 g/mol. The molecule has 0 radical (unpaired) electrons. The van der Waals surface area contributed by atoms with Gasteiger partial charge in [-0.3, -0.25) is 14.4 Å². The SMILES string of the molecule is C=C1O[C@@]23O[C@@H]2[C@@H](C)[C@H]2[C@@H]([C@H](OC(=O)c4ccc(Br)cc4)[C@H]4[C@H]5[C@H]([C@H](C)[C@H](OC(C)=O)[C@@]42C)[C@]2(C)[C@H](C[C@@H]4O[C@@H]4[C@@H]2OC(C)=O)C(=O)[C@@H]5O)[C@@]3(C)[C@]1(C)O. The summed E-state index contributed by atoms with van der Waals surface area (Å²) in [6.07, 6.45) is -5.00. The van der Waals surface area contributed by atoms with Crippen LogP contribution in [0.2, 0.25) is 0 Å². The fourth-order valence-corrected chi connectivity index (χ4v) is 14.4. The lowest BCUT2D eigenvalue weighted by Crippen LogP contribution is -2.72. The third kappa shape index (κ3) is 4.18. The van der Waals surface area contributed by atoms with Crippen LogP contribution in [0.1, 0.15) is 72.2 Å². The molecule has 1 aromatic carbocycles. The van der Waals surface area contributed by atoms with E-state index in [2.05, 4.69) is 22.5 Å². The molecule has 3 heterocycles. The van der Waals surface area contributed by atoms with Crippen molar-refractivity contribution in [3.8, 4) is 0 Å². The first-order valence-electron chi connectivity index (χ1n) is 19.2. The van der Waals surface area contributed by atoms with Crippen LogP contribution in [0.3, 0.4) is 0 Å². The number of aliphatic hydroxyl groups excluding tert-OH is 1. The van der Waals surface area contributed by atoms with E-state index < -0.39 is 124 Å². The Labute approximate surface area is 322 Å². The number of aliphatic hydroxyl groups is 2. The first-order valence-corrected chi connectivity index (χ1v) is 20.0. The van der Waals surface area contributed by atoms with Crippen molar-refractivity contribution in [2.45, 2.75) is 116 Å². The van der Waals surface area contributed by atoms with Crippen LogP contribution in [-0.2, 0) is 42.8 Å². The maximum Gasteiger partial charge on any atom is 0.338 e. The second kappa shape index (κ2) is 11.2. The first-order chi connectivity index (χ1) is 25.2. The lowest BCUT2D eigenvalue weighted by atomic mass is 9.39. The number of ketones is 1. The Kier molecular flexibility index (Phi) is 7.61. The monoisotopic (exact) mass is 812 g/mol. The Hall–Kier alpha value is -2.84. The molecule has 5 aliphatic carbocycles. The van der Waals surface area contributed by atoms with Crippen LogP contribution >= 0.6 is 15.9 Å². The van der Waals surface area contributed by atoms with Crippen molar-refractivity contribution >= 4 is 39.6 Å². The van der Waals surface area contributed by atoms with Gasteiger partial charge >= 0.3 is 17.9 Å². The minimum absolute atomic E-state index is 0.134. The van der Waals surface area contributed by atoms with Gasteiger partial charge in [0.15, 0.2) is 5.78 Å². The Morgan fingerprint density at radius 3 is 2.15 bits per heavy atom. The van der Waals surface area contributed by atoms with Crippen molar-refractivity contribution in [1.29, 1.82) is 0 Å². The number of fused-ring (bicyclic) bond motifs is 9. The summed E-state index contributed by atoms with van der Waals surface area (Å²) in [5.41, 5.74) is -4.72. The number of hydrogen-bond donors (Lipinski definition) is 2. The van der Waals surface area contributed by atoms with Crippen LogP contribution in [0.25, 0.3) is 0 Å². The van der Waals surface area contributed by atoms with Crippen LogP contribution < -0.4 is 0 Å². The summed E-state index contributed by atoms with van der Waals surface area (Å²) in [5, 5.41) is 25.0. The summed E-state index contributed by atoms with van der Waals surface area (Å²) in [4.78, 5) is 55.2. The van der Waals surface area contributed by atoms with E-state index in [1.165, 1.54) is 13.8 Å². The lowest BCUT2D eigenvalue weighted by Gasteiger charge is -2.65. The topological polar surface area (TPSA) is 171 Å². The highest BCUT2D eigenvalue weighted by atomic mass is 79.9. The summed E-state index contributed by atoms with van der Waals surface area (Å²) in [5.74, 6) is -7.97. The summed E-state index contributed by atoms with van der Waals surface area (Å²) in [6.45, 7) is 18.3. The third-order valence-corrected chi connectivity index (χ3v) is 16.8. The van der Waals surface area contributed by atoms with Crippen LogP contribution in [0.15, 0.2) is 41.1 Å². The average Bonchev–Trinajstić information content (AvgIpc) is 4.00. The molecule has 13 heteroatoms. The lowest BCUT2D eigenvalue weighted by molar-refractivity contribution is -0.252. The first kappa shape index (κ1) is 36.8. The number of hydrogen-bond acceptors (Lipinski definition) is 12. The summed E-state index contributed by atoms with van der Waals surface area (Å²) in [7, 11) is 0. The van der Waals surface area contributed by atoms with Crippen LogP contribution in [-0.4, -0.2) is 88.0 Å². The predicted octanol–water partition coefficient (Wildman–Crippen LogP) is 4.37. The molecule has 0 aromatic heterocycles. The second-order valence-electron chi connectivity index (χ2n) is 18.3. The molecule has 9 rings (SSSR count). The van der Waals surface area contributed by atoms with E-state index in [-0.39, 0.29) is 29.1 Å². The molecule has 0 unspecified atom stereocenters. The van der Waals surface area contributed by atoms with E-state index in [1.807, 2.05) is 34.6 Å². The van der Waals surface area contributed by atoms with E-state index in [1.54, 1.807) is 31.2 Å². The van der Waals surface area contributed by atoms with Gasteiger partial charge in [-0.25, -0.2) is 4.79 Å². The Morgan fingerprint density at radius 1 is 0.889 bits per heavy atom. The molecule has 0 amide bonds. The Balaban J connectivity index is 1.29. The van der Waals surface area contributed by atoms with Crippen molar-refractivity contribution in [2.24, 2.45) is 63.6 Å². The summed E-state index contributed by atoms with van der Waals surface area (Å²) < 4.78 is 39.1. The molecular weight excluding hydrogens is 764 g/mol. The zero-order valence-corrected chi connectivity index (χ0v) is 33.3. The Bertz CT molecular complexity index is 1880. The largest absolute Gasteiger partial charge is 0.462 e. The standard InChI is InChI=1S/C41H49BrO12/c1-15-25-24(30(46)29(45)22-14-23-31(51-23)35(37(22,25)6)50-19(5)44)27-32(52-36(47)20-10-12-21(42)13-11-20)28-26(38(27,7)33(15)49-18(4)43)16(2)34-41(54-34)39(28,8)40(9,48)17(3)53-41/h10-13,15-16,22-28,30-35,46,48H,3,14H2,1-2,4-9H3/t15-,16-,22+,23-,24+,25-,26-,27+,28-,30+,31-,32+,33-,34+,35-,37-,38+,39-,40+,41+/m0/s1. The number of rotatable bonds is 4. The molecule has 8 aliphatic rings. The van der Waals surface area contributed by atoms with Gasteiger partial charge in [0.1, 0.15) is 48.0 Å². The smallest absolute Gasteiger partial charge is 0.338 e. The number of Topliss-reactive ketones (excluding diaryl/α,β-unsaturated/α-hetero) is 1. The summed E-state index contributed by atoms with van der Waals surface area (Å²) in [6, 6.07) is 6.78. The number of carbonyl (C=O) groups excluding carboxylic acids is 4. The molecule has 3 saturated heterocycles. The molecule has 3 aliphatic heterocycles.